The van der Waals surface area contributed by atoms with Crippen molar-refractivity contribution in [3.63, 3.8) is 0 Å². The molecular formula is C11H13Cl2N3. The second-order valence-corrected chi connectivity index (χ2v) is 4.26. The highest BCUT2D eigenvalue weighted by atomic mass is 35.5. The Balaban J connectivity index is 3.17. The Morgan fingerprint density at radius 3 is 2.25 bits per heavy atom. The van der Waals surface area contributed by atoms with Crippen molar-refractivity contribution in [2.24, 2.45) is 11.5 Å². The molecule has 0 radical (unpaired) electrons. The minimum atomic E-state index is -1.06. The first-order valence-electron chi connectivity index (χ1n) is 4.77. The van der Waals surface area contributed by atoms with Crippen molar-refractivity contribution in [2.75, 3.05) is 5.88 Å². The zero-order chi connectivity index (χ0) is 12.2. The van der Waals surface area contributed by atoms with Gasteiger partial charge < -0.3 is 11.5 Å². The van der Waals surface area contributed by atoms with E-state index in [2.05, 4.69) is 6.07 Å². The lowest BCUT2D eigenvalue weighted by molar-refractivity contribution is 0.585. The number of nitrogens with two attached hydrogens (primary N) is 2. The van der Waals surface area contributed by atoms with Gasteiger partial charge in [0.25, 0.3) is 0 Å². The Kier molecular flexibility index (Phi) is 4.57. The van der Waals surface area contributed by atoms with Crippen LogP contribution in [0.25, 0.3) is 0 Å². The van der Waals surface area contributed by atoms with Crippen LogP contribution in [0.15, 0.2) is 24.3 Å². The fourth-order valence-electron chi connectivity index (χ4n) is 1.40. The number of rotatable bonds is 4. The van der Waals surface area contributed by atoms with Gasteiger partial charge in [0, 0.05) is 12.4 Å². The molecule has 2 atom stereocenters. The average molecular weight is 258 g/mol. The molecule has 1 aromatic rings. The number of nitriles is 1. The van der Waals surface area contributed by atoms with Gasteiger partial charge in [-0.1, -0.05) is 24.3 Å². The molecule has 5 heteroatoms. The summed E-state index contributed by atoms with van der Waals surface area (Å²) < 4.78 is 0. The topological polar surface area (TPSA) is 75.8 Å². The summed E-state index contributed by atoms with van der Waals surface area (Å²) in [5.74, 6) is 0.0517. The quantitative estimate of drug-likeness (QED) is 0.637. The molecule has 1 rings (SSSR count). The van der Waals surface area contributed by atoms with Gasteiger partial charge in [0.2, 0.25) is 0 Å². The standard InChI is InChI=1S/C11H13Cl2N3/c12-6-11(7-15,10(13)16)9-3-1-8(5-14)2-4-9/h1-4,10H,5-6,14,16H2. The Labute approximate surface area is 105 Å². The van der Waals surface area contributed by atoms with Crippen molar-refractivity contribution in [3.05, 3.63) is 35.4 Å². The van der Waals surface area contributed by atoms with E-state index in [1.54, 1.807) is 12.1 Å². The zero-order valence-electron chi connectivity index (χ0n) is 8.66. The minimum Gasteiger partial charge on any atom is -0.326 e. The molecule has 16 heavy (non-hydrogen) atoms. The fourth-order valence-corrected chi connectivity index (χ4v) is 2.12. The molecule has 0 spiro atoms. The van der Waals surface area contributed by atoms with Crippen molar-refractivity contribution in [2.45, 2.75) is 17.5 Å². The van der Waals surface area contributed by atoms with Crippen molar-refractivity contribution in [3.8, 4) is 6.07 Å². The molecule has 0 saturated heterocycles. The Morgan fingerprint density at radius 2 is 1.94 bits per heavy atom. The van der Waals surface area contributed by atoms with Gasteiger partial charge in [-0.2, -0.15) is 5.26 Å². The van der Waals surface area contributed by atoms with E-state index in [9.17, 15) is 5.26 Å². The first kappa shape index (κ1) is 13.3. The van der Waals surface area contributed by atoms with E-state index >= 15 is 0 Å². The van der Waals surface area contributed by atoms with Crippen LogP contribution in [0, 0.1) is 11.3 Å². The molecule has 0 aliphatic rings. The van der Waals surface area contributed by atoms with Crippen LogP contribution < -0.4 is 11.5 Å². The highest BCUT2D eigenvalue weighted by molar-refractivity contribution is 6.24. The van der Waals surface area contributed by atoms with Crippen LogP contribution >= 0.6 is 23.2 Å². The smallest absolute Gasteiger partial charge is 0.125 e. The lowest BCUT2D eigenvalue weighted by Gasteiger charge is -2.27. The lowest BCUT2D eigenvalue weighted by Crippen LogP contribution is -2.42. The minimum absolute atomic E-state index is 0.0517. The maximum Gasteiger partial charge on any atom is 0.125 e. The predicted molar refractivity (Wildman–Crippen MR) is 66.2 cm³/mol. The first-order chi connectivity index (χ1) is 7.60. The summed E-state index contributed by atoms with van der Waals surface area (Å²) in [7, 11) is 0. The van der Waals surface area contributed by atoms with Crippen LogP contribution in [0.4, 0.5) is 0 Å². The van der Waals surface area contributed by atoms with E-state index in [1.165, 1.54) is 0 Å². The van der Waals surface area contributed by atoms with Crippen LogP contribution in [0.1, 0.15) is 11.1 Å². The van der Waals surface area contributed by atoms with Gasteiger partial charge in [0.05, 0.1) is 6.07 Å². The van der Waals surface area contributed by atoms with Crippen LogP contribution in [0.3, 0.4) is 0 Å². The normalized spacial score (nSPS) is 16.2. The Morgan fingerprint density at radius 1 is 1.38 bits per heavy atom. The summed E-state index contributed by atoms with van der Waals surface area (Å²) in [6.07, 6.45) is 0. The number of hydrogen-bond acceptors (Lipinski definition) is 3. The zero-order valence-corrected chi connectivity index (χ0v) is 10.2. The van der Waals surface area contributed by atoms with Crippen molar-refractivity contribution in [1.82, 2.24) is 0 Å². The Hall–Kier alpha value is -0.790. The lowest BCUT2D eigenvalue weighted by atomic mass is 9.83. The third kappa shape index (κ3) is 2.31. The van der Waals surface area contributed by atoms with E-state index in [1.807, 2.05) is 12.1 Å². The van der Waals surface area contributed by atoms with E-state index in [-0.39, 0.29) is 5.88 Å². The Bertz CT molecular complexity index is 383. The van der Waals surface area contributed by atoms with Crippen LogP contribution in [0.5, 0.6) is 0 Å². The molecule has 2 unspecified atom stereocenters. The molecule has 86 valence electrons. The molecule has 3 nitrogen and oxygen atoms in total. The van der Waals surface area contributed by atoms with E-state index in [4.69, 9.17) is 34.7 Å². The molecule has 0 heterocycles. The number of benzene rings is 1. The van der Waals surface area contributed by atoms with E-state index in [0.717, 1.165) is 5.56 Å². The van der Waals surface area contributed by atoms with E-state index < -0.39 is 10.9 Å². The van der Waals surface area contributed by atoms with Gasteiger partial charge in [0.1, 0.15) is 10.9 Å². The van der Waals surface area contributed by atoms with Crippen molar-refractivity contribution in [1.29, 1.82) is 5.26 Å². The summed E-state index contributed by atoms with van der Waals surface area (Å²) in [5, 5.41) is 9.20. The third-order valence-corrected chi connectivity index (χ3v) is 3.38. The van der Waals surface area contributed by atoms with Gasteiger partial charge in [-0.05, 0) is 11.1 Å². The van der Waals surface area contributed by atoms with Crippen LogP contribution in [-0.2, 0) is 12.0 Å². The summed E-state index contributed by atoms with van der Waals surface area (Å²) in [6, 6.07) is 9.35. The van der Waals surface area contributed by atoms with Gasteiger partial charge in [0.15, 0.2) is 0 Å². The number of hydrogen-bond donors (Lipinski definition) is 2. The highest BCUT2D eigenvalue weighted by Crippen LogP contribution is 2.30. The third-order valence-electron chi connectivity index (χ3n) is 2.59. The summed E-state index contributed by atoms with van der Waals surface area (Å²) in [4.78, 5) is 0. The molecule has 0 aliphatic carbocycles. The van der Waals surface area contributed by atoms with Gasteiger partial charge >= 0.3 is 0 Å². The summed E-state index contributed by atoms with van der Waals surface area (Å²) in [6.45, 7) is 0.452. The predicted octanol–water partition coefficient (Wildman–Crippen LogP) is 1.67. The van der Waals surface area contributed by atoms with Crippen LogP contribution in [-0.4, -0.2) is 11.4 Å². The average Bonchev–Trinajstić information content (AvgIpc) is 2.32. The second-order valence-electron chi connectivity index (χ2n) is 3.52. The monoisotopic (exact) mass is 257 g/mol. The molecule has 0 aliphatic heterocycles. The molecular weight excluding hydrogens is 245 g/mol. The number of nitrogens with zero attached hydrogens (tertiary/aromatic N) is 1. The van der Waals surface area contributed by atoms with Gasteiger partial charge in [-0.15, -0.1) is 23.2 Å². The molecule has 0 bridgehead atoms. The van der Waals surface area contributed by atoms with Gasteiger partial charge in [-0.3, -0.25) is 0 Å². The molecule has 0 aromatic heterocycles. The highest BCUT2D eigenvalue weighted by Gasteiger charge is 2.37. The summed E-state index contributed by atoms with van der Waals surface area (Å²) >= 11 is 11.7. The maximum absolute atomic E-state index is 9.20. The molecule has 1 aromatic carbocycles. The molecule has 4 N–H and O–H groups in total. The maximum atomic E-state index is 9.20. The molecule has 0 saturated carbocycles. The van der Waals surface area contributed by atoms with Crippen LogP contribution in [0.2, 0.25) is 0 Å². The van der Waals surface area contributed by atoms with Crippen molar-refractivity contribution < 1.29 is 0 Å². The van der Waals surface area contributed by atoms with Gasteiger partial charge in [-0.25, -0.2) is 0 Å². The molecule has 0 fully saturated rings. The summed E-state index contributed by atoms with van der Waals surface area (Å²) in [5.41, 5.74) is 10.9. The largest absolute Gasteiger partial charge is 0.326 e. The van der Waals surface area contributed by atoms with Crippen molar-refractivity contribution >= 4 is 23.2 Å². The number of alkyl halides is 2. The molecule has 0 amide bonds. The fraction of sp³-hybridized carbons (Fsp3) is 0.364. The number of halogens is 2. The second kappa shape index (κ2) is 5.51. The first-order valence-corrected chi connectivity index (χ1v) is 5.74. The van der Waals surface area contributed by atoms with E-state index in [0.29, 0.717) is 12.1 Å². The SMILES string of the molecule is N#CC(CCl)(c1ccc(CN)cc1)C(N)Cl.